The number of carbonyl (C=O) groups is 2. The summed E-state index contributed by atoms with van der Waals surface area (Å²) in [6.07, 6.45) is 2.61. The third kappa shape index (κ3) is 5.14. The molecule has 0 radical (unpaired) electrons. The van der Waals surface area contributed by atoms with E-state index in [1.807, 2.05) is 4.90 Å². The van der Waals surface area contributed by atoms with Crippen molar-refractivity contribution in [2.75, 3.05) is 40.4 Å². The number of hydrogen-bond acceptors (Lipinski definition) is 5. The number of ketones is 1. The average Bonchev–Trinajstić information content (AvgIpc) is 3.03. The molecule has 0 aromatic heterocycles. The summed E-state index contributed by atoms with van der Waals surface area (Å²) in [4.78, 5) is 26.9. The summed E-state index contributed by atoms with van der Waals surface area (Å²) in [6.45, 7) is 3.77. The fourth-order valence-electron chi connectivity index (χ4n) is 4.00. The molecule has 0 aliphatic carbocycles. The standard InChI is InChI=1S/C20H28N2O4.ClH/c1-25-18-5-3-14(11-19(18)26-2)17(23)4-6-20(24)22-9-7-15-12-21-13-16(15)8-10-22;/h3,5,11,15-16,21H,4,6-10,12-13H2,1-2H3;1H/t15-,16+;. The van der Waals surface area contributed by atoms with Crippen molar-refractivity contribution in [3.8, 4) is 11.5 Å². The van der Waals surface area contributed by atoms with Gasteiger partial charge in [0.15, 0.2) is 17.3 Å². The number of amides is 1. The van der Waals surface area contributed by atoms with Gasteiger partial charge in [0, 0.05) is 31.5 Å². The van der Waals surface area contributed by atoms with Gasteiger partial charge in [-0.3, -0.25) is 9.59 Å². The van der Waals surface area contributed by atoms with E-state index in [9.17, 15) is 9.59 Å². The zero-order valence-electron chi connectivity index (χ0n) is 16.0. The molecule has 1 aromatic rings. The van der Waals surface area contributed by atoms with E-state index in [4.69, 9.17) is 9.47 Å². The molecule has 0 bridgehead atoms. The van der Waals surface area contributed by atoms with Crippen molar-refractivity contribution < 1.29 is 19.1 Å². The number of halogens is 1. The Morgan fingerprint density at radius 3 is 2.26 bits per heavy atom. The smallest absolute Gasteiger partial charge is 0.223 e. The molecule has 2 atom stereocenters. The van der Waals surface area contributed by atoms with E-state index < -0.39 is 0 Å². The van der Waals surface area contributed by atoms with Gasteiger partial charge < -0.3 is 19.7 Å². The van der Waals surface area contributed by atoms with E-state index in [2.05, 4.69) is 5.32 Å². The Morgan fingerprint density at radius 2 is 1.67 bits per heavy atom. The van der Waals surface area contributed by atoms with Crippen LogP contribution in [0.3, 0.4) is 0 Å². The van der Waals surface area contributed by atoms with Crippen molar-refractivity contribution in [1.82, 2.24) is 10.2 Å². The lowest BCUT2D eigenvalue weighted by molar-refractivity contribution is -0.131. The summed E-state index contributed by atoms with van der Waals surface area (Å²) in [7, 11) is 3.10. The Bertz CT molecular complexity index is 653. The number of nitrogens with zero attached hydrogens (tertiary/aromatic N) is 1. The van der Waals surface area contributed by atoms with Gasteiger partial charge in [0.05, 0.1) is 14.2 Å². The van der Waals surface area contributed by atoms with Crippen LogP contribution in [0.1, 0.15) is 36.0 Å². The number of nitrogens with one attached hydrogen (secondary N) is 1. The minimum absolute atomic E-state index is 0. The molecular formula is C20H29ClN2O4. The molecule has 2 aliphatic heterocycles. The number of hydrogen-bond donors (Lipinski definition) is 1. The molecule has 2 heterocycles. The minimum Gasteiger partial charge on any atom is -0.493 e. The number of ether oxygens (including phenoxy) is 2. The highest BCUT2D eigenvalue weighted by Crippen LogP contribution is 2.29. The van der Waals surface area contributed by atoms with Gasteiger partial charge >= 0.3 is 0 Å². The molecule has 2 saturated heterocycles. The first-order valence-electron chi connectivity index (χ1n) is 9.36. The van der Waals surface area contributed by atoms with Crippen LogP contribution in [0.5, 0.6) is 11.5 Å². The van der Waals surface area contributed by atoms with Gasteiger partial charge in [0.2, 0.25) is 5.91 Å². The molecule has 2 aliphatic rings. The van der Waals surface area contributed by atoms with Crippen LogP contribution in [0.25, 0.3) is 0 Å². The third-order valence-electron chi connectivity index (χ3n) is 5.64. The minimum atomic E-state index is -0.0461. The van der Waals surface area contributed by atoms with Gasteiger partial charge in [-0.05, 0) is 56.0 Å². The van der Waals surface area contributed by atoms with Crippen LogP contribution in [-0.4, -0.2) is 57.0 Å². The van der Waals surface area contributed by atoms with Crippen LogP contribution in [0.15, 0.2) is 18.2 Å². The van der Waals surface area contributed by atoms with Gasteiger partial charge in [-0.2, -0.15) is 0 Å². The Labute approximate surface area is 167 Å². The molecule has 3 rings (SSSR count). The van der Waals surface area contributed by atoms with Crippen molar-refractivity contribution in [3.05, 3.63) is 23.8 Å². The highest BCUT2D eigenvalue weighted by Gasteiger charge is 2.31. The van der Waals surface area contributed by atoms with E-state index in [0.717, 1.165) is 39.0 Å². The molecule has 0 saturated carbocycles. The number of rotatable bonds is 6. The second-order valence-corrected chi connectivity index (χ2v) is 7.13. The SMILES string of the molecule is COc1ccc(C(=O)CCC(=O)N2CC[C@@H]3CNC[C@@H]3CC2)cc1OC.Cl. The normalized spacial score (nSPS) is 21.6. The van der Waals surface area contributed by atoms with Crippen LogP contribution in [0, 0.1) is 11.8 Å². The maximum absolute atomic E-state index is 12.5. The summed E-state index contributed by atoms with van der Waals surface area (Å²) >= 11 is 0. The third-order valence-corrected chi connectivity index (χ3v) is 5.64. The Balaban J connectivity index is 0.00000261. The number of benzene rings is 1. The second-order valence-electron chi connectivity index (χ2n) is 7.13. The predicted molar refractivity (Wildman–Crippen MR) is 106 cm³/mol. The van der Waals surface area contributed by atoms with Crippen molar-refractivity contribution >= 4 is 24.1 Å². The first-order chi connectivity index (χ1) is 12.6. The lowest BCUT2D eigenvalue weighted by Gasteiger charge is -2.20. The van der Waals surface area contributed by atoms with Crippen molar-refractivity contribution in [2.45, 2.75) is 25.7 Å². The van der Waals surface area contributed by atoms with Crippen LogP contribution in [0.2, 0.25) is 0 Å². The maximum atomic E-state index is 12.5. The van der Waals surface area contributed by atoms with Gasteiger partial charge in [-0.15, -0.1) is 12.4 Å². The Hall–Kier alpha value is -1.79. The summed E-state index contributed by atoms with van der Waals surface area (Å²) in [5.74, 6) is 2.55. The molecule has 150 valence electrons. The Kier molecular flexibility index (Phi) is 7.92. The van der Waals surface area contributed by atoms with Gasteiger partial charge in [0.25, 0.3) is 0 Å². The number of carbonyl (C=O) groups excluding carboxylic acids is 2. The summed E-state index contributed by atoms with van der Waals surface area (Å²) in [5, 5.41) is 3.44. The largest absolute Gasteiger partial charge is 0.493 e. The lowest BCUT2D eigenvalue weighted by atomic mass is 9.92. The van der Waals surface area contributed by atoms with Crippen molar-refractivity contribution in [3.63, 3.8) is 0 Å². The summed E-state index contributed by atoms with van der Waals surface area (Å²) in [6, 6.07) is 5.11. The number of likely N-dealkylation sites (tertiary alicyclic amines) is 1. The quantitative estimate of drug-likeness (QED) is 0.748. The maximum Gasteiger partial charge on any atom is 0.223 e. The monoisotopic (exact) mass is 396 g/mol. The number of Topliss-reactive ketones (excluding diaryl/α,β-unsaturated/α-hetero) is 1. The van der Waals surface area contributed by atoms with Crippen molar-refractivity contribution in [2.24, 2.45) is 11.8 Å². The summed E-state index contributed by atoms with van der Waals surface area (Å²) in [5.41, 5.74) is 0.548. The van der Waals surface area contributed by atoms with Crippen LogP contribution >= 0.6 is 12.4 Å². The molecule has 27 heavy (non-hydrogen) atoms. The topological polar surface area (TPSA) is 67.9 Å². The van der Waals surface area contributed by atoms with Gasteiger partial charge in [-0.1, -0.05) is 0 Å². The first-order valence-corrected chi connectivity index (χ1v) is 9.36. The molecule has 2 fully saturated rings. The van der Waals surface area contributed by atoms with E-state index in [0.29, 0.717) is 28.9 Å². The zero-order valence-corrected chi connectivity index (χ0v) is 16.8. The van der Waals surface area contributed by atoms with E-state index in [-0.39, 0.29) is 36.9 Å². The zero-order chi connectivity index (χ0) is 18.5. The Morgan fingerprint density at radius 1 is 1.04 bits per heavy atom. The molecule has 1 aromatic carbocycles. The van der Waals surface area contributed by atoms with E-state index in [1.165, 1.54) is 0 Å². The lowest BCUT2D eigenvalue weighted by Crippen LogP contribution is -2.32. The van der Waals surface area contributed by atoms with Crippen LogP contribution in [0.4, 0.5) is 0 Å². The molecule has 1 amide bonds. The van der Waals surface area contributed by atoms with Gasteiger partial charge in [-0.25, -0.2) is 0 Å². The van der Waals surface area contributed by atoms with E-state index >= 15 is 0 Å². The first kappa shape index (κ1) is 21.5. The fourth-order valence-corrected chi connectivity index (χ4v) is 4.00. The molecular weight excluding hydrogens is 368 g/mol. The highest BCUT2D eigenvalue weighted by molar-refractivity contribution is 5.98. The number of fused-ring (bicyclic) bond motifs is 1. The second kappa shape index (κ2) is 9.95. The number of methoxy groups -OCH3 is 2. The fraction of sp³-hybridized carbons (Fsp3) is 0.600. The predicted octanol–water partition coefficient (Wildman–Crippen LogP) is 2.55. The average molecular weight is 397 g/mol. The molecule has 7 heteroatoms. The van der Waals surface area contributed by atoms with Crippen molar-refractivity contribution in [1.29, 1.82) is 0 Å². The highest BCUT2D eigenvalue weighted by atomic mass is 35.5. The van der Waals surface area contributed by atoms with E-state index in [1.54, 1.807) is 32.4 Å². The molecule has 6 nitrogen and oxygen atoms in total. The van der Waals surface area contributed by atoms with Crippen LogP contribution < -0.4 is 14.8 Å². The molecule has 1 N–H and O–H groups in total. The van der Waals surface area contributed by atoms with Gasteiger partial charge in [0.1, 0.15) is 0 Å². The molecule has 0 spiro atoms. The van der Waals surface area contributed by atoms with Crippen LogP contribution in [-0.2, 0) is 4.79 Å². The molecule has 0 unspecified atom stereocenters. The summed E-state index contributed by atoms with van der Waals surface area (Å²) < 4.78 is 10.4.